The van der Waals surface area contributed by atoms with E-state index in [2.05, 4.69) is 5.32 Å². The number of ether oxygens (including phenoxy) is 2. The highest BCUT2D eigenvalue weighted by Gasteiger charge is 2.27. The van der Waals surface area contributed by atoms with Crippen molar-refractivity contribution in [3.8, 4) is 11.5 Å². The summed E-state index contributed by atoms with van der Waals surface area (Å²) in [7, 11) is 1.65. The lowest BCUT2D eigenvalue weighted by Crippen LogP contribution is -2.27. The quantitative estimate of drug-likeness (QED) is 0.817. The van der Waals surface area contributed by atoms with Crippen LogP contribution in [0.1, 0.15) is 45.1 Å². The van der Waals surface area contributed by atoms with Crippen molar-refractivity contribution in [3.63, 3.8) is 0 Å². The zero-order chi connectivity index (χ0) is 19.6. The van der Waals surface area contributed by atoms with Crippen molar-refractivity contribution in [3.05, 3.63) is 58.1 Å². The van der Waals surface area contributed by atoms with Crippen LogP contribution in [0.5, 0.6) is 11.5 Å². The number of amides is 1. The number of rotatable bonds is 6. The molecule has 1 aliphatic rings. The fourth-order valence-corrected chi connectivity index (χ4v) is 3.65. The number of hydrogen-bond acceptors (Lipinski definition) is 4. The highest BCUT2D eigenvalue weighted by Crippen LogP contribution is 2.37. The van der Waals surface area contributed by atoms with E-state index in [0.717, 1.165) is 40.8 Å². The fourth-order valence-electron chi connectivity index (χ4n) is 3.65. The monoisotopic (exact) mass is 369 g/mol. The predicted octanol–water partition coefficient (Wildman–Crippen LogP) is 3.19. The van der Waals surface area contributed by atoms with Crippen LogP contribution in [-0.2, 0) is 11.2 Å². The van der Waals surface area contributed by atoms with Crippen molar-refractivity contribution in [2.75, 3.05) is 13.7 Å². The van der Waals surface area contributed by atoms with E-state index in [9.17, 15) is 9.59 Å². The molecule has 27 heavy (non-hydrogen) atoms. The maximum atomic E-state index is 12.8. The van der Waals surface area contributed by atoms with Crippen molar-refractivity contribution < 1.29 is 24.2 Å². The van der Waals surface area contributed by atoms with Crippen molar-refractivity contribution in [2.45, 2.75) is 32.7 Å². The topological polar surface area (TPSA) is 84.9 Å². The Balaban J connectivity index is 1.77. The molecule has 1 unspecified atom stereocenters. The summed E-state index contributed by atoms with van der Waals surface area (Å²) in [5, 5.41) is 11.9. The molecule has 6 heteroatoms. The molecule has 0 heterocycles. The first-order chi connectivity index (χ1) is 12.9. The van der Waals surface area contributed by atoms with Crippen LogP contribution in [-0.4, -0.2) is 30.7 Å². The molecule has 1 atom stereocenters. The summed E-state index contributed by atoms with van der Waals surface area (Å²) < 4.78 is 10.7. The Morgan fingerprint density at radius 3 is 2.56 bits per heavy atom. The molecule has 0 aliphatic heterocycles. The standard InChI is InChI=1S/C21H23NO5/c1-12-9-14(10-13(2)20(12)27-11-19(23)24)21(25)22-17-8-7-16-15(17)5-4-6-18(16)26-3/h4-6,9-10,17H,7-8,11H2,1-3H3,(H,22,25)(H,23,24). The van der Waals surface area contributed by atoms with Crippen molar-refractivity contribution in [1.82, 2.24) is 5.32 Å². The summed E-state index contributed by atoms with van der Waals surface area (Å²) in [5.74, 6) is 0.165. The van der Waals surface area contributed by atoms with Gasteiger partial charge in [-0.15, -0.1) is 0 Å². The van der Waals surface area contributed by atoms with Gasteiger partial charge in [0.15, 0.2) is 6.61 Å². The van der Waals surface area contributed by atoms with E-state index in [4.69, 9.17) is 14.6 Å². The third kappa shape index (κ3) is 3.89. The highest BCUT2D eigenvalue weighted by molar-refractivity contribution is 5.95. The Morgan fingerprint density at radius 1 is 1.22 bits per heavy atom. The second kappa shape index (κ2) is 7.70. The van der Waals surface area contributed by atoms with Gasteiger partial charge in [0.1, 0.15) is 11.5 Å². The van der Waals surface area contributed by atoms with E-state index in [1.54, 1.807) is 33.1 Å². The first-order valence-corrected chi connectivity index (χ1v) is 8.83. The van der Waals surface area contributed by atoms with Gasteiger partial charge < -0.3 is 19.9 Å². The first kappa shape index (κ1) is 18.8. The molecule has 0 spiro atoms. The number of aliphatic carboxylic acids is 1. The van der Waals surface area contributed by atoms with Gasteiger partial charge in [0.2, 0.25) is 0 Å². The number of carboxylic acid groups (broad SMARTS) is 1. The second-order valence-electron chi connectivity index (χ2n) is 6.71. The van der Waals surface area contributed by atoms with E-state index in [-0.39, 0.29) is 11.9 Å². The van der Waals surface area contributed by atoms with Gasteiger partial charge >= 0.3 is 5.97 Å². The lowest BCUT2D eigenvalue weighted by atomic mass is 10.0. The smallest absolute Gasteiger partial charge is 0.341 e. The zero-order valence-electron chi connectivity index (χ0n) is 15.7. The van der Waals surface area contributed by atoms with E-state index >= 15 is 0 Å². The summed E-state index contributed by atoms with van der Waals surface area (Å²) in [5.41, 5.74) is 4.24. The molecule has 1 aliphatic carbocycles. The number of benzene rings is 2. The Hall–Kier alpha value is -3.02. The molecule has 0 bridgehead atoms. The van der Waals surface area contributed by atoms with Crippen LogP contribution in [0.4, 0.5) is 0 Å². The third-order valence-electron chi connectivity index (χ3n) is 4.82. The lowest BCUT2D eigenvalue weighted by Gasteiger charge is -2.17. The number of fused-ring (bicyclic) bond motifs is 1. The van der Waals surface area contributed by atoms with Gasteiger partial charge in [-0.2, -0.15) is 0 Å². The Kier molecular flexibility index (Phi) is 5.35. The molecule has 2 N–H and O–H groups in total. The number of nitrogens with one attached hydrogen (secondary N) is 1. The molecule has 3 rings (SSSR count). The Morgan fingerprint density at radius 2 is 1.93 bits per heavy atom. The normalized spacial score (nSPS) is 15.1. The van der Waals surface area contributed by atoms with Gasteiger partial charge in [-0.3, -0.25) is 4.79 Å². The average Bonchev–Trinajstić information content (AvgIpc) is 3.03. The van der Waals surface area contributed by atoms with Crippen molar-refractivity contribution in [1.29, 1.82) is 0 Å². The highest BCUT2D eigenvalue weighted by atomic mass is 16.5. The molecule has 6 nitrogen and oxygen atoms in total. The zero-order valence-corrected chi connectivity index (χ0v) is 15.7. The van der Waals surface area contributed by atoms with E-state index < -0.39 is 12.6 Å². The molecular formula is C21H23NO5. The van der Waals surface area contributed by atoms with E-state index in [1.165, 1.54) is 0 Å². The predicted molar refractivity (Wildman–Crippen MR) is 101 cm³/mol. The second-order valence-corrected chi connectivity index (χ2v) is 6.71. The maximum absolute atomic E-state index is 12.8. The minimum atomic E-state index is -1.04. The summed E-state index contributed by atoms with van der Waals surface area (Å²) >= 11 is 0. The van der Waals surface area contributed by atoms with Crippen LogP contribution in [0.15, 0.2) is 30.3 Å². The molecule has 2 aromatic carbocycles. The number of carbonyl (C=O) groups is 2. The first-order valence-electron chi connectivity index (χ1n) is 8.83. The van der Waals surface area contributed by atoms with Gasteiger partial charge in [0.25, 0.3) is 5.91 Å². The van der Waals surface area contributed by atoms with Crippen LogP contribution >= 0.6 is 0 Å². The summed E-state index contributed by atoms with van der Waals surface area (Å²) in [6.45, 7) is 3.20. The van der Waals surface area contributed by atoms with Gasteiger partial charge in [0, 0.05) is 5.56 Å². The fraction of sp³-hybridized carbons (Fsp3) is 0.333. The molecule has 0 aromatic heterocycles. The van der Waals surface area contributed by atoms with Crippen LogP contribution in [0.3, 0.4) is 0 Å². The summed E-state index contributed by atoms with van der Waals surface area (Å²) in [6.07, 6.45) is 1.70. The maximum Gasteiger partial charge on any atom is 0.341 e. The van der Waals surface area contributed by atoms with Crippen molar-refractivity contribution >= 4 is 11.9 Å². The Bertz CT molecular complexity index is 867. The molecule has 0 radical (unpaired) electrons. The molecular weight excluding hydrogens is 346 g/mol. The Labute approximate surface area is 158 Å². The number of carboxylic acids is 1. The summed E-state index contributed by atoms with van der Waals surface area (Å²) in [4.78, 5) is 23.5. The molecule has 0 saturated heterocycles. The SMILES string of the molecule is COc1cccc2c1CCC2NC(=O)c1cc(C)c(OCC(=O)O)c(C)c1. The number of hydrogen-bond donors (Lipinski definition) is 2. The van der Waals surface area contributed by atoms with Gasteiger partial charge in [-0.05, 0) is 67.1 Å². The minimum absolute atomic E-state index is 0.0499. The molecule has 0 saturated carbocycles. The molecule has 142 valence electrons. The third-order valence-corrected chi connectivity index (χ3v) is 4.82. The van der Waals surface area contributed by atoms with Gasteiger partial charge in [0.05, 0.1) is 13.2 Å². The van der Waals surface area contributed by atoms with Gasteiger partial charge in [-0.25, -0.2) is 4.79 Å². The number of carbonyl (C=O) groups excluding carboxylic acids is 1. The lowest BCUT2D eigenvalue weighted by molar-refractivity contribution is -0.139. The van der Waals surface area contributed by atoms with Crippen molar-refractivity contribution in [2.24, 2.45) is 0 Å². The van der Waals surface area contributed by atoms with Crippen LogP contribution < -0.4 is 14.8 Å². The van der Waals surface area contributed by atoms with Crippen LogP contribution in [0.25, 0.3) is 0 Å². The molecule has 0 fully saturated rings. The largest absolute Gasteiger partial charge is 0.496 e. The minimum Gasteiger partial charge on any atom is -0.496 e. The van der Waals surface area contributed by atoms with Crippen LogP contribution in [0, 0.1) is 13.8 Å². The molecule has 2 aromatic rings. The van der Waals surface area contributed by atoms with Crippen LogP contribution in [0.2, 0.25) is 0 Å². The average molecular weight is 369 g/mol. The van der Waals surface area contributed by atoms with E-state index in [0.29, 0.717) is 11.3 Å². The van der Waals surface area contributed by atoms with Gasteiger partial charge in [-0.1, -0.05) is 12.1 Å². The number of aryl methyl sites for hydroxylation is 2. The van der Waals surface area contributed by atoms with E-state index in [1.807, 2.05) is 18.2 Å². The number of methoxy groups -OCH3 is 1. The molecule has 1 amide bonds. The summed E-state index contributed by atoms with van der Waals surface area (Å²) in [6, 6.07) is 9.29.